The largest absolute Gasteiger partial charge is 0.488 e. The Bertz CT molecular complexity index is 577. The van der Waals surface area contributed by atoms with Crippen LogP contribution in [0, 0.1) is 0 Å². The quantitative estimate of drug-likeness (QED) is 0.761. The van der Waals surface area contributed by atoms with Crippen molar-refractivity contribution in [3.8, 4) is 5.75 Å². The van der Waals surface area contributed by atoms with Gasteiger partial charge in [0.05, 0.1) is 5.02 Å². The number of carbonyl (C=O) groups excluding carboxylic acids is 1. The van der Waals surface area contributed by atoms with Crippen molar-refractivity contribution < 1.29 is 9.53 Å². The zero-order valence-corrected chi connectivity index (χ0v) is 11.0. The molecule has 0 N–H and O–H groups in total. The van der Waals surface area contributed by atoms with E-state index in [1.807, 2.05) is 42.5 Å². The number of aldehydes is 1. The Labute approximate surface area is 117 Å². The minimum Gasteiger partial charge on any atom is -0.488 e. The van der Waals surface area contributed by atoms with Gasteiger partial charge < -0.3 is 4.74 Å². The summed E-state index contributed by atoms with van der Waals surface area (Å²) in [6.45, 7) is 0.426. The molecule has 2 aromatic carbocycles. The fourth-order valence-corrected chi connectivity index (χ4v) is 1.84. The molecular weight excluding hydrogens is 260 g/mol. The van der Waals surface area contributed by atoms with Crippen molar-refractivity contribution in [2.45, 2.75) is 0 Å². The average Bonchev–Trinajstić information content (AvgIpc) is 2.46. The van der Waals surface area contributed by atoms with Crippen molar-refractivity contribution in [3.63, 3.8) is 0 Å². The Kier molecular flexibility index (Phi) is 4.76. The van der Waals surface area contributed by atoms with Gasteiger partial charge in [-0.05, 0) is 29.8 Å². The van der Waals surface area contributed by atoms with Crippen molar-refractivity contribution in [2.24, 2.45) is 0 Å². The highest BCUT2D eigenvalue weighted by molar-refractivity contribution is 6.32. The summed E-state index contributed by atoms with van der Waals surface area (Å²) in [5, 5.41) is 0.442. The molecule has 0 aliphatic heterocycles. The van der Waals surface area contributed by atoms with E-state index in [1.54, 1.807) is 18.2 Å². The van der Waals surface area contributed by atoms with Crippen molar-refractivity contribution in [1.82, 2.24) is 0 Å². The van der Waals surface area contributed by atoms with Gasteiger partial charge in [-0.3, -0.25) is 4.79 Å². The highest BCUT2D eigenvalue weighted by Gasteiger charge is 2.01. The summed E-state index contributed by atoms with van der Waals surface area (Å²) >= 11 is 6.00. The van der Waals surface area contributed by atoms with E-state index < -0.39 is 0 Å². The highest BCUT2D eigenvalue weighted by Crippen LogP contribution is 2.24. The molecule has 0 heterocycles. The molecule has 2 nitrogen and oxygen atoms in total. The van der Waals surface area contributed by atoms with Crippen LogP contribution in [-0.4, -0.2) is 12.9 Å². The predicted octanol–water partition coefficient (Wildman–Crippen LogP) is 4.24. The van der Waals surface area contributed by atoms with E-state index in [1.165, 1.54) is 0 Å². The Morgan fingerprint density at radius 3 is 2.53 bits per heavy atom. The second-order valence-electron chi connectivity index (χ2n) is 3.93. The Hall–Kier alpha value is -2.06. The SMILES string of the molecule is O=Cc1ccc(OCC=Cc2ccccc2)c(Cl)c1. The Balaban J connectivity index is 1.92. The van der Waals surface area contributed by atoms with Crippen molar-refractivity contribution in [1.29, 1.82) is 0 Å². The van der Waals surface area contributed by atoms with Crippen LogP contribution in [0.3, 0.4) is 0 Å². The smallest absolute Gasteiger partial charge is 0.150 e. The van der Waals surface area contributed by atoms with Gasteiger partial charge in [0.1, 0.15) is 18.6 Å². The molecule has 0 aliphatic carbocycles. The standard InChI is InChI=1S/C16H13ClO2/c17-15-11-14(12-18)8-9-16(15)19-10-4-7-13-5-2-1-3-6-13/h1-9,11-12H,10H2. The van der Waals surface area contributed by atoms with Gasteiger partial charge in [-0.15, -0.1) is 0 Å². The van der Waals surface area contributed by atoms with Crippen LogP contribution in [0.25, 0.3) is 6.08 Å². The van der Waals surface area contributed by atoms with Gasteiger partial charge in [-0.25, -0.2) is 0 Å². The lowest BCUT2D eigenvalue weighted by molar-refractivity contribution is 0.112. The summed E-state index contributed by atoms with van der Waals surface area (Å²) in [6, 6.07) is 14.9. The van der Waals surface area contributed by atoms with Crippen LogP contribution < -0.4 is 4.74 Å². The Morgan fingerprint density at radius 2 is 1.84 bits per heavy atom. The second kappa shape index (κ2) is 6.76. The first-order valence-corrected chi connectivity index (χ1v) is 6.26. The summed E-state index contributed by atoms with van der Waals surface area (Å²) in [5.41, 5.74) is 1.66. The average molecular weight is 273 g/mol. The molecule has 0 fully saturated rings. The molecule has 0 saturated heterocycles. The zero-order valence-electron chi connectivity index (χ0n) is 10.3. The van der Waals surface area contributed by atoms with E-state index in [-0.39, 0.29) is 0 Å². The highest BCUT2D eigenvalue weighted by atomic mass is 35.5. The fraction of sp³-hybridized carbons (Fsp3) is 0.0625. The number of hydrogen-bond acceptors (Lipinski definition) is 2. The van der Waals surface area contributed by atoms with Gasteiger partial charge in [0, 0.05) is 5.56 Å². The van der Waals surface area contributed by atoms with E-state index in [0.717, 1.165) is 11.8 Å². The molecule has 0 spiro atoms. The van der Waals surface area contributed by atoms with E-state index in [2.05, 4.69) is 0 Å². The number of carbonyl (C=O) groups is 1. The topological polar surface area (TPSA) is 26.3 Å². The van der Waals surface area contributed by atoms with Crippen molar-refractivity contribution in [3.05, 3.63) is 70.8 Å². The Morgan fingerprint density at radius 1 is 1.05 bits per heavy atom. The third-order valence-corrected chi connectivity index (χ3v) is 2.83. The minimum absolute atomic E-state index is 0.426. The molecule has 0 amide bonds. The van der Waals surface area contributed by atoms with E-state index in [4.69, 9.17) is 16.3 Å². The first kappa shape index (κ1) is 13.4. The van der Waals surface area contributed by atoms with Crippen molar-refractivity contribution >= 4 is 24.0 Å². The van der Waals surface area contributed by atoms with E-state index in [0.29, 0.717) is 22.9 Å². The number of halogens is 1. The minimum atomic E-state index is 0.426. The van der Waals surface area contributed by atoms with Crippen molar-refractivity contribution in [2.75, 3.05) is 6.61 Å². The van der Waals surface area contributed by atoms with Crippen LogP contribution in [0.1, 0.15) is 15.9 Å². The monoisotopic (exact) mass is 272 g/mol. The van der Waals surface area contributed by atoms with E-state index in [9.17, 15) is 4.79 Å². The molecule has 19 heavy (non-hydrogen) atoms. The van der Waals surface area contributed by atoms with Crippen LogP contribution in [0.4, 0.5) is 0 Å². The maximum Gasteiger partial charge on any atom is 0.150 e. The van der Waals surface area contributed by atoms with Gasteiger partial charge in [0.15, 0.2) is 0 Å². The lowest BCUT2D eigenvalue weighted by Gasteiger charge is -2.05. The molecule has 0 radical (unpaired) electrons. The molecular formula is C16H13ClO2. The molecule has 96 valence electrons. The molecule has 2 rings (SSSR count). The predicted molar refractivity (Wildman–Crippen MR) is 77.8 cm³/mol. The zero-order chi connectivity index (χ0) is 13.5. The summed E-state index contributed by atoms with van der Waals surface area (Å²) in [6.07, 6.45) is 4.65. The molecule has 0 aromatic heterocycles. The third-order valence-electron chi connectivity index (χ3n) is 2.54. The maximum atomic E-state index is 10.6. The molecule has 2 aromatic rings. The van der Waals surface area contributed by atoms with Gasteiger partial charge in [0.25, 0.3) is 0 Å². The lowest BCUT2D eigenvalue weighted by atomic mass is 10.2. The molecule has 3 heteroatoms. The fourth-order valence-electron chi connectivity index (χ4n) is 1.59. The number of ether oxygens (including phenoxy) is 1. The molecule has 0 unspecified atom stereocenters. The van der Waals surface area contributed by atoms with Gasteiger partial charge in [0.2, 0.25) is 0 Å². The van der Waals surface area contributed by atoms with E-state index >= 15 is 0 Å². The summed E-state index contributed by atoms with van der Waals surface area (Å²) in [4.78, 5) is 10.6. The number of hydrogen-bond donors (Lipinski definition) is 0. The lowest BCUT2D eigenvalue weighted by Crippen LogP contribution is -1.94. The summed E-state index contributed by atoms with van der Waals surface area (Å²) in [5.74, 6) is 0.574. The van der Waals surface area contributed by atoms with Crippen LogP contribution >= 0.6 is 11.6 Å². The molecule has 0 saturated carbocycles. The van der Waals surface area contributed by atoms with Crippen LogP contribution in [-0.2, 0) is 0 Å². The van der Waals surface area contributed by atoms with Gasteiger partial charge in [-0.2, -0.15) is 0 Å². The van der Waals surface area contributed by atoms with Gasteiger partial charge >= 0.3 is 0 Å². The number of rotatable bonds is 5. The molecule has 0 bridgehead atoms. The molecule has 0 aliphatic rings. The summed E-state index contributed by atoms with van der Waals surface area (Å²) in [7, 11) is 0. The normalized spacial score (nSPS) is 10.6. The summed E-state index contributed by atoms with van der Waals surface area (Å²) < 4.78 is 5.52. The first-order valence-electron chi connectivity index (χ1n) is 5.89. The van der Waals surface area contributed by atoms with Crippen LogP contribution in [0.5, 0.6) is 5.75 Å². The van der Waals surface area contributed by atoms with Crippen LogP contribution in [0.2, 0.25) is 5.02 Å². The molecule has 0 atom stereocenters. The van der Waals surface area contributed by atoms with Gasteiger partial charge in [-0.1, -0.05) is 48.0 Å². The second-order valence-corrected chi connectivity index (χ2v) is 4.34. The maximum absolute atomic E-state index is 10.6. The third kappa shape index (κ3) is 3.97. The number of benzene rings is 2. The first-order chi connectivity index (χ1) is 9.29. The van der Waals surface area contributed by atoms with Crippen LogP contribution in [0.15, 0.2) is 54.6 Å².